The summed E-state index contributed by atoms with van der Waals surface area (Å²) >= 11 is 5.65. The van der Waals surface area contributed by atoms with Gasteiger partial charge in [0, 0.05) is 23.8 Å². The third-order valence-corrected chi connectivity index (χ3v) is 4.94. The number of benzene rings is 1. The molecule has 0 saturated carbocycles. The number of rotatable bonds is 2. The fraction of sp³-hybridized carbons (Fsp3) is 0.417. The fourth-order valence-electron chi connectivity index (χ4n) is 2.15. The Kier molecular flexibility index (Phi) is 4.56. The molecule has 0 radical (unpaired) electrons. The van der Waals surface area contributed by atoms with Crippen LogP contribution in [-0.4, -0.2) is 32.3 Å². The van der Waals surface area contributed by atoms with Crippen LogP contribution in [0.1, 0.15) is 29.6 Å². The number of hydrogen-bond donors (Lipinski definition) is 0. The van der Waals surface area contributed by atoms with Gasteiger partial charge in [0.1, 0.15) is 10.7 Å². The zero-order valence-corrected chi connectivity index (χ0v) is 12.7. The van der Waals surface area contributed by atoms with Gasteiger partial charge in [-0.15, -0.1) is 0 Å². The molecule has 4 nitrogen and oxygen atoms in total. The van der Waals surface area contributed by atoms with E-state index in [9.17, 15) is 17.6 Å². The molecule has 0 aromatic heterocycles. The lowest BCUT2D eigenvalue weighted by molar-refractivity contribution is 0.0719. The van der Waals surface area contributed by atoms with Gasteiger partial charge in [0.05, 0.1) is 10.6 Å². The van der Waals surface area contributed by atoms with E-state index < -0.39 is 25.7 Å². The number of carbonyl (C=O) groups excluding carboxylic acids is 1. The second-order valence-corrected chi connectivity index (χ2v) is 7.49. The minimum atomic E-state index is -4.13. The van der Waals surface area contributed by atoms with Gasteiger partial charge in [-0.25, -0.2) is 12.8 Å². The Labute approximate surface area is 125 Å². The molecule has 0 unspecified atom stereocenters. The summed E-state index contributed by atoms with van der Waals surface area (Å²) < 4.78 is 36.6. The normalized spacial score (nSPS) is 16.2. The topological polar surface area (TPSA) is 54.5 Å². The molecule has 110 valence electrons. The number of carbonyl (C=O) groups is 1. The molecule has 0 bridgehead atoms. The molecule has 0 atom stereocenters. The summed E-state index contributed by atoms with van der Waals surface area (Å²) in [6, 6.07) is 1.70. The third-order valence-electron chi connectivity index (χ3n) is 3.16. The molecule has 1 aliphatic rings. The lowest BCUT2D eigenvalue weighted by Gasteiger charge is -2.27. The van der Waals surface area contributed by atoms with Crippen molar-refractivity contribution in [2.24, 2.45) is 0 Å². The quantitative estimate of drug-likeness (QED) is 0.778. The molecule has 20 heavy (non-hydrogen) atoms. The van der Waals surface area contributed by atoms with Gasteiger partial charge in [0.2, 0.25) is 0 Å². The Morgan fingerprint density at radius 2 is 1.80 bits per heavy atom. The molecule has 1 aromatic carbocycles. The van der Waals surface area contributed by atoms with Crippen LogP contribution in [0.15, 0.2) is 17.0 Å². The molecule has 8 heteroatoms. The number of nitrogens with zero attached hydrogens (tertiary/aromatic N) is 1. The summed E-state index contributed by atoms with van der Waals surface area (Å²) in [5, 5.41) is -0.340. The molecule has 1 heterocycles. The molecule has 0 N–H and O–H groups in total. The average molecular weight is 340 g/mol. The summed E-state index contributed by atoms with van der Waals surface area (Å²) in [6.45, 7) is 1.06. The number of hydrogen-bond acceptors (Lipinski definition) is 3. The van der Waals surface area contributed by atoms with E-state index in [1.54, 1.807) is 0 Å². The van der Waals surface area contributed by atoms with E-state index in [1.165, 1.54) is 4.90 Å². The van der Waals surface area contributed by atoms with Crippen LogP contribution in [0.4, 0.5) is 4.39 Å². The van der Waals surface area contributed by atoms with Gasteiger partial charge >= 0.3 is 0 Å². The van der Waals surface area contributed by atoms with Crippen molar-refractivity contribution < 1.29 is 17.6 Å². The molecule has 1 aliphatic heterocycles. The largest absolute Gasteiger partial charge is 0.339 e. The van der Waals surface area contributed by atoms with Gasteiger partial charge in [-0.2, -0.15) is 0 Å². The van der Waals surface area contributed by atoms with E-state index in [2.05, 4.69) is 0 Å². The first kappa shape index (κ1) is 15.5. The van der Waals surface area contributed by atoms with Gasteiger partial charge in [-0.05, 0) is 31.4 Å². The Hall–Kier alpha value is -0.850. The first-order valence-corrected chi connectivity index (χ1v) is 8.72. The van der Waals surface area contributed by atoms with E-state index >= 15 is 0 Å². The van der Waals surface area contributed by atoms with Crippen molar-refractivity contribution >= 4 is 37.2 Å². The van der Waals surface area contributed by atoms with Crippen LogP contribution >= 0.6 is 22.3 Å². The fourth-order valence-corrected chi connectivity index (χ4v) is 3.65. The molecule has 1 amide bonds. The summed E-state index contributed by atoms with van der Waals surface area (Å²) in [7, 11) is 1.08. The molecule has 0 aliphatic carbocycles. The van der Waals surface area contributed by atoms with E-state index in [-0.39, 0.29) is 10.6 Å². The summed E-state index contributed by atoms with van der Waals surface area (Å²) in [6.07, 6.45) is 2.72. The molecule has 1 fully saturated rings. The second-order valence-electron chi connectivity index (χ2n) is 4.55. The lowest BCUT2D eigenvalue weighted by atomic mass is 10.1. The van der Waals surface area contributed by atoms with Gasteiger partial charge < -0.3 is 4.90 Å². The van der Waals surface area contributed by atoms with Crippen molar-refractivity contribution in [3.05, 3.63) is 28.5 Å². The van der Waals surface area contributed by atoms with Gasteiger partial charge in [0.25, 0.3) is 15.0 Å². The smallest absolute Gasteiger partial charge is 0.262 e. The van der Waals surface area contributed by atoms with Crippen molar-refractivity contribution in [1.29, 1.82) is 0 Å². The molecule has 0 spiro atoms. The highest BCUT2D eigenvalue weighted by molar-refractivity contribution is 8.13. The maximum Gasteiger partial charge on any atom is 0.262 e. The summed E-state index contributed by atoms with van der Waals surface area (Å²) in [4.78, 5) is 13.3. The molecule has 2 rings (SSSR count). The van der Waals surface area contributed by atoms with E-state index in [0.717, 1.165) is 31.4 Å². The van der Waals surface area contributed by atoms with Crippen molar-refractivity contribution in [2.75, 3.05) is 13.1 Å². The number of halogens is 3. The Bertz CT molecular complexity index is 642. The number of likely N-dealkylation sites (tertiary alicyclic amines) is 1. The third kappa shape index (κ3) is 3.24. The SMILES string of the molecule is O=C(c1cc(S(=O)(=O)Cl)c(Cl)cc1F)N1CCCCC1. The molecular weight excluding hydrogens is 328 g/mol. The number of amides is 1. The second kappa shape index (κ2) is 5.87. The van der Waals surface area contributed by atoms with Crippen molar-refractivity contribution in [1.82, 2.24) is 4.90 Å². The van der Waals surface area contributed by atoms with Crippen LogP contribution in [0.25, 0.3) is 0 Å². The first-order chi connectivity index (χ1) is 9.30. The monoisotopic (exact) mass is 339 g/mol. The van der Waals surface area contributed by atoms with Crippen molar-refractivity contribution in [3.8, 4) is 0 Å². The standard InChI is InChI=1S/C12H12Cl2FNO3S/c13-9-7-10(15)8(6-11(9)20(14,18)19)12(17)16-4-2-1-3-5-16/h6-7H,1-5H2. The van der Waals surface area contributed by atoms with Crippen LogP contribution in [-0.2, 0) is 9.05 Å². The predicted octanol–water partition coefficient (Wildman–Crippen LogP) is 3.03. The van der Waals surface area contributed by atoms with Gasteiger partial charge in [-0.1, -0.05) is 11.6 Å². The Morgan fingerprint density at radius 1 is 1.20 bits per heavy atom. The zero-order valence-electron chi connectivity index (χ0n) is 10.4. The van der Waals surface area contributed by atoms with E-state index in [1.807, 2.05) is 0 Å². The van der Waals surface area contributed by atoms with Crippen molar-refractivity contribution in [2.45, 2.75) is 24.2 Å². The van der Waals surface area contributed by atoms with Crippen molar-refractivity contribution in [3.63, 3.8) is 0 Å². The van der Waals surface area contributed by atoms with Crippen LogP contribution in [0, 0.1) is 5.82 Å². The van der Waals surface area contributed by atoms with Crippen LogP contribution in [0.3, 0.4) is 0 Å². The van der Waals surface area contributed by atoms with E-state index in [4.69, 9.17) is 22.3 Å². The Morgan fingerprint density at radius 3 is 2.35 bits per heavy atom. The van der Waals surface area contributed by atoms with E-state index in [0.29, 0.717) is 13.1 Å². The highest BCUT2D eigenvalue weighted by Crippen LogP contribution is 2.28. The minimum absolute atomic E-state index is 0.324. The lowest BCUT2D eigenvalue weighted by Crippen LogP contribution is -2.36. The maximum absolute atomic E-state index is 13.9. The van der Waals surface area contributed by atoms with Crippen LogP contribution in [0.5, 0.6) is 0 Å². The summed E-state index contributed by atoms with van der Waals surface area (Å²) in [5.41, 5.74) is -0.324. The van der Waals surface area contributed by atoms with Crippen LogP contribution in [0.2, 0.25) is 5.02 Å². The Balaban J connectivity index is 2.43. The van der Waals surface area contributed by atoms with Gasteiger partial charge in [0.15, 0.2) is 0 Å². The average Bonchev–Trinajstić information content (AvgIpc) is 2.37. The molecular formula is C12H12Cl2FNO3S. The predicted molar refractivity (Wildman–Crippen MR) is 74.2 cm³/mol. The molecule has 1 saturated heterocycles. The zero-order chi connectivity index (χ0) is 14.9. The minimum Gasteiger partial charge on any atom is -0.339 e. The molecule has 1 aromatic rings. The van der Waals surface area contributed by atoms with Gasteiger partial charge in [-0.3, -0.25) is 4.79 Å². The highest BCUT2D eigenvalue weighted by atomic mass is 35.7. The highest BCUT2D eigenvalue weighted by Gasteiger charge is 2.25. The first-order valence-electron chi connectivity index (χ1n) is 6.03. The van der Waals surface area contributed by atoms with Crippen LogP contribution < -0.4 is 0 Å². The number of piperidine rings is 1. The maximum atomic E-state index is 13.9. The summed E-state index contributed by atoms with van der Waals surface area (Å²) in [5.74, 6) is -1.39.